The molecule has 0 bridgehead atoms. The summed E-state index contributed by atoms with van der Waals surface area (Å²) in [7, 11) is -3.49. The third-order valence-corrected chi connectivity index (χ3v) is 4.62. The van der Waals surface area contributed by atoms with Crippen LogP contribution in [0.25, 0.3) is 10.9 Å². The van der Waals surface area contributed by atoms with Gasteiger partial charge in [0.2, 0.25) is 0 Å². The molecule has 0 aliphatic heterocycles. The fourth-order valence-electron chi connectivity index (χ4n) is 1.75. The zero-order chi connectivity index (χ0) is 13.9. The molecule has 4 nitrogen and oxygen atoms in total. The van der Waals surface area contributed by atoms with Gasteiger partial charge in [-0.2, -0.15) is 5.26 Å². The minimum absolute atomic E-state index is 0.0622. The fraction of sp³-hybridized carbons (Fsp3) is 0.231. The van der Waals surface area contributed by atoms with Crippen LogP contribution in [0.1, 0.15) is 12.0 Å². The molecular formula is C13H11ClN2O2S. The first kappa shape index (κ1) is 13.8. The molecule has 0 N–H and O–H groups in total. The average molecular weight is 295 g/mol. The summed E-state index contributed by atoms with van der Waals surface area (Å²) >= 11 is 5.51. The van der Waals surface area contributed by atoms with Crippen molar-refractivity contribution in [3.63, 3.8) is 0 Å². The van der Waals surface area contributed by atoms with Gasteiger partial charge in [0.15, 0.2) is 14.9 Å². The summed E-state index contributed by atoms with van der Waals surface area (Å²) in [5.74, 6) is 0.213. The van der Waals surface area contributed by atoms with Crippen molar-refractivity contribution in [3.8, 4) is 6.07 Å². The number of alkyl halides is 1. The van der Waals surface area contributed by atoms with Crippen LogP contribution >= 0.6 is 11.6 Å². The lowest BCUT2D eigenvalue weighted by atomic mass is 10.1. The number of hydrogen-bond acceptors (Lipinski definition) is 4. The van der Waals surface area contributed by atoms with Gasteiger partial charge in [-0.25, -0.2) is 13.4 Å². The van der Waals surface area contributed by atoms with Crippen LogP contribution < -0.4 is 0 Å². The van der Waals surface area contributed by atoms with Gasteiger partial charge in [0.05, 0.1) is 22.9 Å². The molecule has 1 aromatic heterocycles. The first-order chi connectivity index (χ1) is 9.08. The summed E-state index contributed by atoms with van der Waals surface area (Å²) < 4.78 is 24.1. The number of pyridine rings is 1. The Bertz CT molecular complexity index is 751. The summed E-state index contributed by atoms with van der Waals surface area (Å²) in [6.07, 6.45) is 0.361. The Kier molecular flexibility index (Phi) is 4.03. The molecule has 0 aliphatic rings. The van der Waals surface area contributed by atoms with E-state index in [9.17, 15) is 8.42 Å². The average Bonchev–Trinajstić information content (AvgIpc) is 2.44. The maximum absolute atomic E-state index is 12.1. The molecule has 2 rings (SSSR count). The van der Waals surface area contributed by atoms with Gasteiger partial charge in [0.1, 0.15) is 0 Å². The first-order valence-corrected chi connectivity index (χ1v) is 7.86. The van der Waals surface area contributed by atoms with Gasteiger partial charge in [-0.05, 0) is 18.6 Å². The van der Waals surface area contributed by atoms with E-state index in [4.69, 9.17) is 16.9 Å². The molecule has 0 spiro atoms. The van der Waals surface area contributed by atoms with Gasteiger partial charge in [-0.15, -0.1) is 11.6 Å². The number of aromatic nitrogens is 1. The molecule has 0 fully saturated rings. The monoisotopic (exact) mass is 294 g/mol. The topological polar surface area (TPSA) is 70.8 Å². The molecule has 2 aromatic rings. The number of rotatable bonds is 4. The SMILES string of the molecule is N#Cc1cc(S(=O)(=O)CCCCl)nc2ccccc12. The Morgan fingerprint density at radius 2 is 2.05 bits per heavy atom. The van der Waals surface area contributed by atoms with Gasteiger partial charge in [0.25, 0.3) is 0 Å². The number of para-hydroxylation sites is 1. The third kappa shape index (κ3) is 2.86. The van der Waals surface area contributed by atoms with Gasteiger partial charge in [0, 0.05) is 11.3 Å². The minimum Gasteiger partial charge on any atom is -0.236 e. The first-order valence-electron chi connectivity index (χ1n) is 5.67. The lowest BCUT2D eigenvalue weighted by molar-refractivity contribution is 0.591. The zero-order valence-corrected chi connectivity index (χ0v) is 11.6. The molecule has 0 amide bonds. The Morgan fingerprint density at radius 1 is 1.32 bits per heavy atom. The molecule has 19 heavy (non-hydrogen) atoms. The van der Waals surface area contributed by atoms with E-state index in [0.29, 0.717) is 22.9 Å². The highest BCUT2D eigenvalue weighted by Gasteiger charge is 2.18. The van der Waals surface area contributed by atoms with Crippen molar-refractivity contribution < 1.29 is 8.42 Å². The van der Waals surface area contributed by atoms with Crippen molar-refractivity contribution in [2.45, 2.75) is 11.4 Å². The van der Waals surface area contributed by atoms with Crippen LogP contribution in [0.2, 0.25) is 0 Å². The van der Waals surface area contributed by atoms with Crippen LogP contribution in [-0.2, 0) is 9.84 Å². The number of nitriles is 1. The molecule has 1 aromatic carbocycles. The normalized spacial score (nSPS) is 11.4. The number of hydrogen-bond donors (Lipinski definition) is 0. The molecule has 6 heteroatoms. The van der Waals surface area contributed by atoms with Crippen LogP contribution in [0.15, 0.2) is 35.4 Å². The van der Waals surface area contributed by atoms with Gasteiger partial charge in [-0.3, -0.25) is 0 Å². The molecular weight excluding hydrogens is 284 g/mol. The molecule has 98 valence electrons. The van der Waals surface area contributed by atoms with Crippen molar-refractivity contribution in [1.82, 2.24) is 4.98 Å². The van der Waals surface area contributed by atoms with E-state index in [0.717, 1.165) is 0 Å². The van der Waals surface area contributed by atoms with E-state index in [1.54, 1.807) is 24.3 Å². The fourth-order valence-corrected chi connectivity index (χ4v) is 3.31. The molecule has 0 aliphatic carbocycles. The van der Waals surface area contributed by atoms with Crippen LogP contribution in [0.5, 0.6) is 0 Å². The predicted molar refractivity (Wildman–Crippen MR) is 73.8 cm³/mol. The maximum atomic E-state index is 12.1. The smallest absolute Gasteiger partial charge is 0.195 e. The quantitative estimate of drug-likeness (QED) is 0.812. The molecule has 1 heterocycles. The molecule has 0 radical (unpaired) electrons. The lowest BCUT2D eigenvalue weighted by Gasteiger charge is -2.05. The van der Waals surface area contributed by atoms with Crippen molar-refractivity contribution in [1.29, 1.82) is 5.26 Å². The van der Waals surface area contributed by atoms with E-state index in [1.807, 2.05) is 6.07 Å². The lowest BCUT2D eigenvalue weighted by Crippen LogP contribution is -2.10. The van der Waals surface area contributed by atoms with Crippen molar-refractivity contribution in [3.05, 3.63) is 35.9 Å². The van der Waals surface area contributed by atoms with Crippen LogP contribution in [0, 0.1) is 11.3 Å². The predicted octanol–water partition coefficient (Wildman–Crippen LogP) is 2.51. The summed E-state index contributed by atoms with van der Waals surface area (Å²) in [4.78, 5) is 4.13. The molecule has 0 atom stereocenters. The van der Waals surface area contributed by atoms with Crippen LogP contribution in [0.4, 0.5) is 0 Å². The van der Waals surface area contributed by atoms with E-state index in [1.165, 1.54) is 6.07 Å². The second-order valence-electron chi connectivity index (χ2n) is 4.00. The Hall–Kier alpha value is -1.64. The number of halogens is 1. The van der Waals surface area contributed by atoms with E-state index in [2.05, 4.69) is 4.98 Å². The highest BCUT2D eigenvalue weighted by atomic mass is 35.5. The second-order valence-corrected chi connectivity index (χ2v) is 6.43. The Balaban J connectivity index is 2.60. The van der Waals surface area contributed by atoms with Gasteiger partial charge < -0.3 is 0 Å². The summed E-state index contributed by atoms with van der Waals surface area (Å²) in [6, 6.07) is 10.3. The van der Waals surface area contributed by atoms with E-state index >= 15 is 0 Å². The van der Waals surface area contributed by atoms with Gasteiger partial charge >= 0.3 is 0 Å². The summed E-state index contributed by atoms with van der Waals surface area (Å²) in [5, 5.41) is 9.70. The molecule has 0 saturated heterocycles. The minimum atomic E-state index is -3.49. The number of benzene rings is 1. The van der Waals surface area contributed by atoms with Crippen molar-refractivity contribution in [2.24, 2.45) is 0 Å². The van der Waals surface area contributed by atoms with E-state index < -0.39 is 9.84 Å². The second kappa shape index (κ2) is 5.55. The highest BCUT2D eigenvalue weighted by Crippen LogP contribution is 2.21. The Morgan fingerprint density at radius 3 is 2.74 bits per heavy atom. The Labute approximate surface area is 116 Å². The van der Waals surface area contributed by atoms with Crippen molar-refractivity contribution >= 4 is 32.3 Å². The number of nitrogens with zero attached hydrogens (tertiary/aromatic N) is 2. The molecule has 0 unspecified atom stereocenters. The zero-order valence-electron chi connectivity index (χ0n) is 10.0. The maximum Gasteiger partial charge on any atom is 0.195 e. The standard InChI is InChI=1S/C13H11ClN2O2S/c14-6-3-7-19(17,18)13-8-10(9-15)11-4-1-2-5-12(11)16-13/h1-2,4-5,8H,3,6-7H2. The largest absolute Gasteiger partial charge is 0.236 e. The third-order valence-electron chi connectivity index (χ3n) is 2.68. The summed E-state index contributed by atoms with van der Waals surface area (Å²) in [6.45, 7) is 0. The van der Waals surface area contributed by atoms with Crippen LogP contribution in [-0.4, -0.2) is 25.0 Å². The van der Waals surface area contributed by atoms with Crippen LogP contribution in [0.3, 0.4) is 0 Å². The highest BCUT2D eigenvalue weighted by molar-refractivity contribution is 7.91. The van der Waals surface area contributed by atoms with Gasteiger partial charge in [-0.1, -0.05) is 18.2 Å². The van der Waals surface area contributed by atoms with Crippen molar-refractivity contribution in [2.75, 3.05) is 11.6 Å². The number of sulfone groups is 1. The van der Waals surface area contributed by atoms with E-state index in [-0.39, 0.29) is 16.7 Å². The molecule has 0 saturated carbocycles. The summed E-state index contributed by atoms with van der Waals surface area (Å²) in [5.41, 5.74) is 0.820. The number of fused-ring (bicyclic) bond motifs is 1.